The van der Waals surface area contributed by atoms with E-state index in [0.717, 1.165) is 25.7 Å². The molecule has 0 bridgehead atoms. The summed E-state index contributed by atoms with van der Waals surface area (Å²) in [7, 11) is 0. The van der Waals surface area contributed by atoms with Crippen LogP contribution >= 0.6 is 0 Å². The number of benzene rings is 3. The van der Waals surface area contributed by atoms with Crippen LogP contribution in [0.2, 0.25) is 0 Å². The minimum absolute atomic E-state index is 0.106. The van der Waals surface area contributed by atoms with Gasteiger partial charge in [-0.15, -0.1) is 0 Å². The first-order valence-corrected chi connectivity index (χ1v) is 14.7. The van der Waals surface area contributed by atoms with Gasteiger partial charge in [-0.3, -0.25) is 0 Å². The average molecular weight is 499 g/mol. The summed E-state index contributed by atoms with van der Waals surface area (Å²) in [4.78, 5) is 0. The second-order valence-corrected chi connectivity index (χ2v) is 11.3. The van der Waals surface area contributed by atoms with Gasteiger partial charge >= 0.3 is 0 Å². The molecule has 0 spiro atoms. The summed E-state index contributed by atoms with van der Waals surface area (Å²) in [6, 6.07) is 26.2. The van der Waals surface area contributed by atoms with Crippen LogP contribution in [0.4, 0.5) is 0 Å². The van der Waals surface area contributed by atoms with Gasteiger partial charge in [0.1, 0.15) is 0 Å². The monoisotopic (exact) mass is 498 g/mol. The zero-order chi connectivity index (χ0) is 25.1. The third-order valence-electron chi connectivity index (χ3n) is 8.55. The Morgan fingerprint density at radius 1 is 1.03 bits per heavy atom. The first kappa shape index (κ1) is 25.1. The van der Waals surface area contributed by atoms with Crippen molar-refractivity contribution in [1.29, 1.82) is 0 Å². The number of nitrogens with one attached hydrogen (secondary N) is 1. The molecule has 3 aromatic carbocycles. The van der Waals surface area contributed by atoms with E-state index < -0.39 is 11.2 Å². The van der Waals surface area contributed by atoms with Crippen molar-refractivity contribution in [3.8, 4) is 0 Å². The summed E-state index contributed by atoms with van der Waals surface area (Å²) in [5, 5.41) is 8.27. The van der Waals surface area contributed by atoms with Gasteiger partial charge in [-0.25, -0.2) is 14.1 Å². The third kappa shape index (κ3) is 4.51. The van der Waals surface area contributed by atoms with E-state index in [1.807, 2.05) is 0 Å². The van der Waals surface area contributed by atoms with Gasteiger partial charge in [-0.2, -0.15) is 0 Å². The van der Waals surface area contributed by atoms with Gasteiger partial charge < -0.3 is 0 Å². The quantitative estimate of drug-likeness (QED) is 0.278. The van der Waals surface area contributed by atoms with Gasteiger partial charge in [-0.05, 0) is 71.1 Å². The van der Waals surface area contributed by atoms with Crippen LogP contribution < -0.4 is 9.86 Å². The van der Waals surface area contributed by atoms with Gasteiger partial charge in [0.05, 0.1) is 0 Å². The normalized spacial score (nSPS) is 24.3. The van der Waals surface area contributed by atoms with Gasteiger partial charge in [-0.1, -0.05) is 111 Å². The number of unbranched alkanes of at least 4 members (excludes halogenated alkanes) is 3. The molecule has 3 aromatic rings. The van der Waals surface area contributed by atoms with Crippen LogP contribution in [0.15, 0.2) is 84.9 Å². The molecular weight excluding hydrogens is 460 g/mol. The van der Waals surface area contributed by atoms with Crippen molar-refractivity contribution in [3.05, 3.63) is 96.1 Å². The maximum atomic E-state index is 12.1. The highest BCUT2D eigenvalue weighted by Gasteiger charge is 2.57. The zero-order valence-corrected chi connectivity index (χ0v) is 22.2. The molecule has 5 rings (SSSR count). The van der Waals surface area contributed by atoms with Crippen LogP contribution in [0.3, 0.4) is 0 Å². The minimum atomic E-state index is -1.54. The fourth-order valence-corrected chi connectivity index (χ4v) is 7.61. The van der Waals surface area contributed by atoms with Crippen LogP contribution in [0, 0.1) is 11.3 Å². The molecule has 4 heteroatoms. The van der Waals surface area contributed by atoms with Crippen molar-refractivity contribution in [3.63, 3.8) is 0 Å². The lowest BCUT2D eigenvalue weighted by atomic mass is 9.66. The van der Waals surface area contributed by atoms with Crippen molar-refractivity contribution in [1.82, 2.24) is 4.72 Å². The fourth-order valence-electron chi connectivity index (χ4n) is 7.03. The summed E-state index contributed by atoms with van der Waals surface area (Å²) in [6.45, 7) is 7.12. The van der Waals surface area contributed by atoms with Crippen molar-refractivity contribution in [2.24, 2.45) is 16.5 Å². The molecule has 1 fully saturated rings. The molecule has 3 N–H and O–H groups in total. The highest BCUT2D eigenvalue weighted by molar-refractivity contribution is 7.80. The van der Waals surface area contributed by atoms with Crippen LogP contribution in [-0.4, -0.2) is 10.3 Å². The Morgan fingerprint density at radius 3 is 2.56 bits per heavy atom. The van der Waals surface area contributed by atoms with E-state index in [0.29, 0.717) is 0 Å². The Balaban J connectivity index is 1.67. The van der Waals surface area contributed by atoms with Crippen molar-refractivity contribution < 1.29 is 4.21 Å². The number of fused-ring (bicyclic) bond motifs is 2. The van der Waals surface area contributed by atoms with Gasteiger partial charge in [0.2, 0.25) is 0 Å². The molecule has 0 saturated heterocycles. The highest BCUT2D eigenvalue weighted by atomic mass is 32.2. The summed E-state index contributed by atoms with van der Waals surface area (Å²) >= 11 is -1.54. The number of rotatable bonds is 10. The zero-order valence-electron chi connectivity index (χ0n) is 21.3. The van der Waals surface area contributed by atoms with Crippen LogP contribution in [-0.2, 0) is 11.2 Å². The third-order valence-corrected chi connectivity index (χ3v) is 9.08. The first-order valence-electron chi connectivity index (χ1n) is 13.4. The van der Waals surface area contributed by atoms with E-state index in [1.165, 1.54) is 58.7 Å². The first-order chi connectivity index (χ1) is 17.6. The lowest BCUT2D eigenvalue weighted by Gasteiger charge is -2.38. The molecule has 0 aliphatic heterocycles. The van der Waals surface area contributed by atoms with E-state index in [4.69, 9.17) is 11.7 Å². The number of hydrogen-bond acceptors (Lipinski definition) is 1. The number of hydrogen-bond donors (Lipinski definition) is 2. The second kappa shape index (κ2) is 10.8. The van der Waals surface area contributed by atoms with Gasteiger partial charge in [0.25, 0.3) is 0 Å². The van der Waals surface area contributed by atoms with Gasteiger partial charge in [0.15, 0.2) is 11.2 Å². The van der Waals surface area contributed by atoms with Crippen LogP contribution in [0.5, 0.6) is 0 Å². The predicted octanol–water partition coefficient (Wildman–Crippen LogP) is 7.57. The lowest BCUT2D eigenvalue weighted by molar-refractivity contribution is 0.364. The Bertz CT molecular complexity index is 1290. The molecule has 0 amide bonds. The van der Waals surface area contributed by atoms with E-state index in [1.54, 1.807) is 5.57 Å². The topological polar surface area (TPSA) is 55.1 Å². The van der Waals surface area contributed by atoms with E-state index in [9.17, 15) is 4.21 Å². The molecule has 188 valence electrons. The highest BCUT2D eigenvalue weighted by Crippen LogP contribution is 2.66. The van der Waals surface area contributed by atoms with Crippen LogP contribution in [0.25, 0.3) is 21.9 Å². The minimum Gasteiger partial charge on any atom is -0.239 e. The molecule has 2 aliphatic rings. The largest absolute Gasteiger partial charge is 0.239 e. The SMILES string of the molecule is C=C(c1cccc2ccccc12)C12CCC(NS(N)=O)C1CC(CCCCCC)=C2c1ccccc1. The molecule has 0 heterocycles. The molecule has 1 saturated carbocycles. The summed E-state index contributed by atoms with van der Waals surface area (Å²) in [5.74, 6) is 0.285. The Kier molecular flexibility index (Phi) is 7.57. The number of nitrogens with two attached hydrogens (primary N) is 1. The van der Waals surface area contributed by atoms with Crippen molar-refractivity contribution in [2.75, 3.05) is 0 Å². The predicted molar refractivity (Wildman–Crippen MR) is 154 cm³/mol. The molecule has 4 unspecified atom stereocenters. The Hall–Kier alpha value is -2.53. The average Bonchev–Trinajstić information content (AvgIpc) is 3.41. The van der Waals surface area contributed by atoms with E-state index in [2.05, 4.69) is 84.4 Å². The van der Waals surface area contributed by atoms with Crippen LogP contribution in [0.1, 0.15) is 69.4 Å². The maximum absolute atomic E-state index is 12.1. The van der Waals surface area contributed by atoms with Crippen molar-refractivity contribution in [2.45, 2.75) is 64.3 Å². The molecule has 0 radical (unpaired) electrons. The molecule has 0 aromatic heterocycles. The lowest BCUT2D eigenvalue weighted by Crippen LogP contribution is -2.40. The Morgan fingerprint density at radius 2 is 1.78 bits per heavy atom. The fraction of sp³-hybridized carbons (Fsp3) is 0.375. The molecule has 2 aliphatic carbocycles. The Labute approximate surface area is 218 Å². The van der Waals surface area contributed by atoms with E-state index >= 15 is 0 Å². The van der Waals surface area contributed by atoms with Gasteiger partial charge in [0, 0.05) is 11.5 Å². The smallest absolute Gasteiger partial charge is 0.164 e. The number of allylic oxidation sites excluding steroid dienone is 3. The second-order valence-electron chi connectivity index (χ2n) is 10.5. The summed E-state index contributed by atoms with van der Waals surface area (Å²) in [6.07, 6.45) is 9.04. The standard InChI is InChI=1S/C32H38N2OS/c1-3-4-5-7-16-26-22-29-30(34-36(33)35)20-21-32(29,31(26)25-14-8-6-9-15-25)23(2)27-19-12-17-24-13-10-11-18-28(24)27/h6,8-15,17-19,29-30,34H,2-5,7,16,20-22,33H2,1H3. The molecule has 36 heavy (non-hydrogen) atoms. The summed E-state index contributed by atoms with van der Waals surface area (Å²) < 4.78 is 15.4. The molecule has 3 nitrogen and oxygen atoms in total. The molecule has 4 atom stereocenters. The van der Waals surface area contributed by atoms with Crippen molar-refractivity contribution >= 4 is 33.1 Å². The molecular formula is C32H38N2OS. The summed E-state index contributed by atoms with van der Waals surface area (Å²) in [5.41, 5.74) is 6.55. The maximum Gasteiger partial charge on any atom is 0.164 e. The van der Waals surface area contributed by atoms with E-state index in [-0.39, 0.29) is 17.4 Å².